The van der Waals surface area contributed by atoms with Crippen molar-refractivity contribution in [2.75, 3.05) is 0 Å². The van der Waals surface area contributed by atoms with Crippen LogP contribution in [0.2, 0.25) is 0 Å². The van der Waals surface area contributed by atoms with Crippen LogP contribution in [0.1, 0.15) is 20.7 Å². The van der Waals surface area contributed by atoms with E-state index in [1.807, 2.05) is 0 Å². The van der Waals surface area contributed by atoms with Gasteiger partial charge in [0.1, 0.15) is 0 Å². The number of hydrogen-bond acceptors (Lipinski definition) is 6. The predicted octanol–water partition coefficient (Wildman–Crippen LogP) is 0.259. The fraction of sp³-hybridized carbons (Fsp3) is 0. The van der Waals surface area contributed by atoms with Crippen LogP contribution >= 0.6 is 0 Å². The summed E-state index contributed by atoms with van der Waals surface area (Å²) in [6.07, 6.45) is 0. The van der Waals surface area contributed by atoms with Gasteiger partial charge in [0.2, 0.25) is 0 Å². The first-order chi connectivity index (χ1) is 6.98. The second-order valence-corrected chi connectivity index (χ2v) is 3.88. The number of fused-ring (bicyclic) bond motifs is 2. The third kappa shape index (κ3) is 1.82. The average molecular weight is 228 g/mol. The Morgan fingerprint density at radius 2 is 1.40 bits per heavy atom. The average Bonchev–Trinajstić information content (AvgIpc) is 2.15. The summed E-state index contributed by atoms with van der Waals surface area (Å²) in [5.74, 6) is -2.16. The first-order valence-corrected chi connectivity index (χ1v) is 5.14. The first-order valence-electron chi connectivity index (χ1n) is 3.80. The lowest BCUT2D eigenvalue weighted by atomic mass is 10.1. The molecule has 78 valence electrons. The molecule has 6 nitrogen and oxygen atoms in total. The Hall–Kier alpha value is -1.89. The summed E-state index contributed by atoms with van der Waals surface area (Å²) in [6.45, 7) is 0. The maximum absolute atomic E-state index is 11.2. The summed E-state index contributed by atoms with van der Waals surface area (Å²) >= 11 is 0. The lowest BCUT2D eigenvalue weighted by Crippen LogP contribution is -2.22. The second kappa shape index (κ2) is 3.06. The molecule has 15 heavy (non-hydrogen) atoms. The second-order valence-electron chi connectivity index (χ2n) is 2.73. The molecular weight excluding hydrogens is 224 g/mol. The topological polar surface area (TPSA) is 86.7 Å². The van der Waals surface area contributed by atoms with Gasteiger partial charge in [0.25, 0.3) is 0 Å². The Labute approximate surface area is 84.7 Å². The van der Waals surface area contributed by atoms with Crippen LogP contribution in [0, 0.1) is 0 Å². The van der Waals surface area contributed by atoms with E-state index in [0.29, 0.717) is 0 Å². The largest absolute Gasteiger partial charge is 0.506 e. The SMILES string of the molecule is O=C1OS(=O)(=O)OC(=O)c2cccc1c2. The Morgan fingerprint density at radius 1 is 0.933 bits per heavy atom. The van der Waals surface area contributed by atoms with E-state index in [2.05, 4.69) is 8.37 Å². The van der Waals surface area contributed by atoms with E-state index in [1.54, 1.807) is 0 Å². The molecule has 0 N–H and O–H groups in total. The third-order valence-corrected chi connectivity index (χ3v) is 2.40. The zero-order valence-corrected chi connectivity index (χ0v) is 7.98. The quantitative estimate of drug-likeness (QED) is 0.633. The lowest BCUT2D eigenvalue weighted by molar-refractivity contribution is 0.0638. The maximum Gasteiger partial charge on any atom is 0.506 e. The fourth-order valence-electron chi connectivity index (χ4n) is 1.07. The number of rotatable bonds is 0. The number of carbonyl (C=O) groups is 2. The summed E-state index contributed by atoms with van der Waals surface area (Å²) in [5.41, 5.74) is -0.0412. The van der Waals surface area contributed by atoms with E-state index < -0.39 is 22.3 Å². The zero-order chi connectivity index (χ0) is 11.1. The minimum atomic E-state index is -4.60. The van der Waals surface area contributed by atoms with Crippen LogP contribution in [0.25, 0.3) is 0 Å². The van der Waals surface area contributed by atoms with Gasteiger partial charge in [-0.1, -0.05) is 6.07 Å². The van der Waals surface area contributed by atoms with Crippen molar-refractivity contribution in [1.29, 1.82) is 0 Å². The molecule has 0 unspecified atom stereocenters. The lowest BCUT2D eigenvalue weighted by Gasteiger charge is -2.09. The van der Waals surface area contributed by atoms with Crippen molar-refractivity contribution in [3.8, 4) is 0 Å². The van der Waals surface area contributed by atoms with Crippen molar-refractivity contribution >= 4 is 22.3 Å². The van der Waals surface area contributed by atoms with E-state index in [4.69, 9.17) is 0 Å². The normalized spacial score (nSPS) is 18.4. The predicted molar refractivity (Wildman–Crippen MR) is 46.2 cm³/mol. The highest BCUT2D eigenvalue weighted by molar-refractivity contribution is 7.82. The standard InChI is InChI=1S/C8H4O6S/c9-7-5-2-1-3-6(4-5)8(10)14-15(11,12)13-7/h1-4H. The molecule has 0 spiro atoms. The van der Waals surface area contributed by atoms with Gasteiger partial charge in [-0.05, 0) is 18.2 Å². The molecule has 0 saturated heterocycles. The summed E-state index contributed by atoms with van der Waals surface area (Å²) in [7, 11) is -4.60. The van der Waals surface area contributed by atoms with Gasteiger partial charge in [0.05, 0.1) is 11.1 Å². The molecule has 0 aliphatic carbocycles. The first kappa shape index (κ1) is 9.66. The molecule has 2 rings (SSSR count). The van der Waals surface area contributed by atoms with Crippen LogP contribution in [0.3, 0.4) is 0 Å². The van der Waals surface area contributed by atoms with Gasteiger partial charge in [-0.2, -0.15) is 0 Å². The van der Waals surface area contributed by atoms with Crippen LogP contribution in [-0.2, 0) is 18.8 Å². The molecule has 1 aromatic rings. The van der Waals surface area contributed by atoms with Crippen LogP contribution in [0.5, 0.6) is 0 Å². The third-order valence-electron chi connectivity index (χ3n) is 1.69. The Balaban J connectivity index is 2.61. The summed E-state index contributed by atoms with van der Waals surface area (Å²) in [4.78, 5) is 22.3. The van der Waals surface area contributed by atoms with Gasteiger partial charge in [0.15, 0.2) is 0 Å². The highest BCUT2D eigenvalue weighted by Gasteiger charge is 2.28. The van der Waals surface area contributed by atoms with Crippen LogP contribution < -0.4 is 0 Å². The van der Waals surface area contributed by atoms with Gasteiger partial charge in [0, 0.05) is 0 Å². The van der Waals surface area contributed by atoms with Gasteiger partial charge in [-0.25, -0.2) is 9.59 Å². The molecule has 0 radical (unpaired) electrons. The van der Waals surface area contributed by atoms with Gasteiger partial charge >= 0.3 is 22.3 Å². The van der Waals surface area contributed by atoms with Crippen molar-refractivity contribution in [2.45, 2.75) is 0 Å². The Bertz CT molecular complexity index is 505. The molecule has 7 heteroatoms. The molecule has 0 saturated carbocycles. The van der Waals surface area contributed by atoms with Crippen molar-refractivity contribution < 1.29 is 26.4 Å². The summed E-state index contributed by atoms with van der Waals surface area (Å²) in [6, 6.07) is 5.28. The molecule has 1 aliphatic heterocycles. The molecule has 1 aromatic carbocycles. The molecule has 0 atom stereocenters. The molecule has 1 aliphatic rings. The van der Waals surface area contributed by atoms with Gasteiger partial charge in [-0.3, -0.25) is 0 Å². The van der Waals surface area contributed by atoms with Gasteiger partial charge < -0.3 is 8.37 Å². The van der Waals surface area contributed by atoms with E-state index in [0.717, 1.165) is 0 Å². The minimum absolute atomic E-state index is 0.0206. The van der Waals surface area contributed by atoms with E-state index in [-0.39, 0.29) is 11.1 Å². The van der Waals surface area contributed by atoms with Crippen LogP contribution in [-0.4, -0.2) is 20.4 Å². The minimum Gasteiger partial charge on any atom is -0.311 e. The number of benzene rings is 1. The van der Waals surface area contributed by atoms with Crippen molar-refractivity contribution in [3.63, 3.8) is 0 Å². The summed E-state index contributed by atoms with van der Waals surface area (Å²) in [5, 5.41) is 0. The summed E-state index contributed by atoms with van der Waals surface area (Å²) < 4.78 is 29.8. The van der Waals surface area contributed by atoms with Crippen molar-refractivity contribution in [1.82, 2.24) is 0 Å². The van der Waals surface area contributed by atoms with E-state index >= 15 is 0 Å². The number of hydrogen-bond donors (Lipinski definition) is 0. The van der Waals surface area contributed by atoms with E-state index in [1.165, 1.54) is 24.3 Å². The number of carbonyl (C=O) groups excluding carboxylic acids is 2. The fourth-order valence-corrected chi connectivity index (χ4v) is 1.67. The molecule has 0 aromatic heterocycles. The molecule has 0 amide bonds. The van der Waals surface area contributed by atoms with Crippen LogP contribution in [0.15, 0.2) is 24.3 Å². The highest BCUT2D eigenvalue weighted by atomic mass is 32.3. The highest BCUT2D eigenvalue weighted by Crippen LogP contribution is 2.15. The zero-order valence-electron chi connectivity index (χ0n) is 7.17. The maximum atomic E-state index is 11.2. The molecule has 2 bridgehead atoms. The Kier molecular flexibility index (Phi) is 1.97. The molecular formula is C8H4O6S. The van der Waals surface area contributed by atoms with Crippen LogP contribution in [0.4, 0.5) is 0 Å². The monoisotopic (exact) mass is 228 g/mol. The van der Waals surface area contributed by atoms with E-state index in [9.17, 15) is 18.0 Å². The van der Waals surface area contributed by atoms with Gasteiger partial charge in [-0.15, -0.1) is 8.42 Å². The smallest absolute Gasteiger partial charge is 0.311 e. The molecule has 0 fully saturated rings. The molecule has 1 heterocycles. The van der Waals surface area contributed by atoms with Crippen molar-refractivity contribution in [2.24, 2.45) is 0 Å². The van der Waals surface area contributed by atoms with Crippen molar-refractivity contribution in [3.05, 3.63) is 35.4 Å². The Morgan fingerprint density at radius 3 is 1.87 bits per heavy atom.